The third kappa shape index (κ3) is 5.36. The van der Waals surface area contributed by atoms with Gasteiger partial charge >= 0.3 is 0 Å². The Morgan fingerprint density at radius 1 is 1.42 bits per heavy atom. The van der Waals surface area contributed by atoms with Gasteiger partial charge in [-0.15, -0.1) is 5.10 Å². The topological polar surface area (TPSA) is 87.5 Å². The van der Waals surface area contributed by atoms with Crippen LogP contribution in [0.4, 0.5) is 0 Å². The van der Waals surface area contributed by atoms with Crippen LogP contribution >= 0.6 is 0 Å². The van der Waals surface area contributed by atoms with Crippen molar-refractivity contribution >= 4 is 5.91 Å². The number of aromatic nitrogens is 3. The Morgan fingerprint density at radius 2 is 2.15 bits per heavy atom. The summed E-state index contributed by atoms with van der Waals surface area (Å²) in [5, 5.41) is 11.3. The summed E-state index contributed by atoms with van der Waals surface area (Å²) in [5.41, 5.74) is 1.86. The summed E-state index contributed by atoms with van der Waals surface area (Å²) in [7, 11) is 1.49. The quantitative estimate of drug-likeness (QED) is 0.409. The highest BCUT2D eigenvalue weighted by atomic mass is 17.2. The van der Waals surface area contributed by atoms with Crippen molar-refractivity contribution in [2.24, 2.45) is 0 Å². The third-order valence-corrected chi connectivity index (χ3v) is 4.58. The van der Waals surface area contributed by atoms with Crippen molar-refractivity contribution in [1.82, 2.24) is 20.3 Å². The van der Waals surface area contributed by atoms with Gasteiger partial charge in [0.1, 0.15) is 6.61 Å². The second kappa shape index (κ2) is 9.80. The van der Waals surface area contributed by atoms with Crippen LogP contribution in [-0.4, -0.2) is 52.9 Å². The number of rotatable bonds is 9. The summed E-state index contributed by atoms with van der Waals surface area (Å²) in [6.45, 7) is 7.96. The van der Waals surface area contributed by atoms with E-state index in [1.807, 2.05) is 13.1 Å². The molecule has 3 atom stereocenters. The number of hydrogen-bond donors (Lipinski definition) is 1. The lowest BCUT2D eigenvalue weighted by atomic mass is 9.88. The van der Waals surface area contributed by atoms with Crippen molar-refractivity contribution < 1.29 is 19.3 Å². The van der Waals surface area contributed by atoms with Gasteiger partial charge in [0.15, 0.2) is 0 Å². The molecule has 8 nitrogen and oxygen atoms in total. The van der Waals surface area contributed by atoms with Gasteiger partial charge in [-0.3, -0.25) is 4.79 Å². The van der Waals surface area contributed by atoms with E-state index in [1.54, 1.807) is 4.68 Å². The first kappa shape index (κ1) is 20.5. The van der Waals surface area contributed by atoms with Crippen molar-refractivity contribution in [3.8, 4) is 0 Å². The molecule has 1 heterocycles. The van der Waals surface area contributed by atoms with E-state index < -0.39 is 0 Å². The monoisotopic (exact) mass is 366 g/mol. The minimum Gasteiger partial charge on any atom is -0.372 e. The van der Waals surface area contributed by atoms with E-state index in [0.29, 0.717) is 13.0 Å². The van der Waals surface area contributed by atoms with Crippen LogP contribution in [0, 0.1) is 6.92 Å². The van der Waals surface area contributed by atoms with Gasteiger partial charge in [0.05, 0.1) is 37.1 Å². The maximum atomic E-state index is 11.8. The first-order valence-corrected chi connectivity index (χ1v) is 9.14. The van der Waals surface area contributed by atoms with Gasteiger partial charge in [-0.05, 0) is 31.8 Å². The SMILES string of the molecule is CCC(CC)O[C@@H]1CC(COOC)=C[C@H](n2cc(C)nn2)[C@H]1NC(C)=O. The summed E-state index contributed by atoms with van der Waals surface area (Å²) in [6.07, 6.45) is 6.37. The number of carbonyl (C=O) groups is 1. The maximum Gasteiger partial charge on any atom is 0.217 e. The molecule has 1 N–H and O–H groups in total. The second-order valence-corrected chi connectivity index (χ2v) is 6.63. The number of ether oxygens (including phenoxy) is 1. The molecule has 1 aliphatic carbocycles. The standard InChI is InChI=1S/C18H30N4O4/c1-6-15(7-2)26-17-9-14(11-25-24-5)8-16(18(17)19-13(4)23)22-10-12(3)20-21-22/h8,10,15-18H,6-7,9,11H2,1-5H3,(H,19,23)/t16-,17+,18+/m0/s1. The van der Waals surface area contributed by atoms with Crippen molar-refractivity contribution in [3.63, 3.8) is 0 Å². The fourth-order valence-corrected chi connectivity index (χ4v) is 3.29. The zero-order valence-electron chi connectivity index (χ0n) is 16.3. The van der Waals surface area contributed by atoms with Crippen LogP contribution in [0.3, 0.4) is 0 Å². The zero-order chi connectivity index (χ0) is 19.1. The molecule has 1 aromatic rings. The molecule has 0 bridgehead atoms. The van der Waals surface area contributed by atoms with Gasteiger partial charge in [-0.25, -0.2) is 14.5 Å². The molecule has 0 radical (unpaired) electrons. The highest BCUT2D eigenvalue weighted by Crippen LogP contribution is 2.31. The molecule has 0 fully saturated rings. The van der Waals surface area contributed by atoms with Gasteiger partial charge in [-0.1, -0.05) is 25.1 Å². The molecule has 0 saturated heterocycles. The Kier molecular flexibility index (Phi) is 7.74. The van der Waals surface area contributed by atoms with Crippen LogP contribution in [-0.2, 0) is 19.3 Å². The average molecular weight is 366 g/mol. The van der Waals surface area contributed by atoms with Gasteiger partial charge in [0.2, 0.25) is 5.91 Å². The molecule has 26 heavy (non-hydrogen) atoms. The third-order valence-electron chi connectivity index (χ3n) is 4.58. The van der Waals surface area contributed by atoms with Gasteiger partial charge in [0, 0.05) is 13.1 Å². The fraction of sp³-hybridized carbons (Fsp3) is 0.722. The molecule has 1 aromatic heterocycles. The van der Waals surface area contributed by atoms with E-state index >= 15 is 0 Å². The molecule has 0 aromatic carbocycles. The molecular formula is C18H30N4O4. The van der Waals surface area contributed by atoms with Crippen molar-refractivity contribution in [1.29, 1.82) is 0 Å². The Hall–Kier alpha value is -1.77. The highest BCUT2D eigenvalue weighted by Gasteiger charge is 2.37. The van der Waals surface area contributed by atoms with E-state index in [1.165, 1.54) is 14.0 Å². The fourth-order valence-electron chi connectivity index (χ4n) is 3.29. The summed E-state index contributed by atoms with van der Waals surface area (Å²) in [6, 6.07) is -0.441. The summed E-state index contributed by atoms with van der Waals surface area (Å²) < 4.78 is 8.13. The van der Waals surface area contributed by atoms with Gasteiger partial charge < -0.3 is 10.1 Å². The molecular weight excluding hydrogens is 336 g/mol. The Morgan fingerprint density at radius 3 is 2.69 bits per heavy atom. The normalized spacial score (nSPS) is 23.2. The minimum absolute atomic E-state index is 0.0972. The predicted molar refractivity (Wildman–Crippen MR) is 96.3 cm³/mol. The average Bonchev–Trinajstić information content (AvgIpc) is 3.05. The van der Waals surface area contributed by atoms with E-state index in [9.17, 15) is 4.79 Å². The minimum atomic E-state index is -0.236. The van der Waals surface area contributed by atoms with E-state index in [0.717, 1.165) is 24.1 Å². The van der Waals surface area contributed by atoms with Crippen LogP contribution in [0.15, 0.2) is 17.8 Å². The molecule has 146 valence electrons. The predicted octanol–water partition coefficient (Wildman–Crippen LogP) is 2.11. The van der Waals surface area contributed by atoms with Crippen LogP contribution < -0.4 is 5.32 Å². The summed E-state index contributed by atoms with van der Waals surface area (Å²) in [5.74, 6) is -0.0972. The van der Waals surface area contributed by atoms with Crippen LogP contribution in [0.1, 0.15) is 51.8 Å². The first-order chi connectivity index (χ1) is 12.5. The number of hydrogen-bond acceptors (Lipinski definition) is 6. The van der Waals surface area contributed by atoms with E-state index in [2.05, 4.69) is 35.6 Å². The molecule has 0 aliphatic heterocycles. The van der Waals surface area contributed by atoms with Crippen LogP contribution in [0.2, 0.25) is 0 Å². The lowest BCUT2D eigenvalue weighted by Gasteiger charge is -2.38. The number of carbonyl (C=O) groups excluding carboxylic acids is 1. The number of nitrogens with zero attached hydrogens (tertiary/aromatic N) is 3. The first-order valence-electron chi connectivity index (χ1n) is 9.14. The lowest BCUT2D eigenvalue weighted by molar-refractivity contribution is -0.266. The molecule has 0 spiro atoms. The lowest BCUT2D eigenvalue weighted by Crippen LogP contribution is -2.52. The summed E-state index contributed by atoms with van der Waals surface area (Å²) >= 11 is 0. The Balaban J connectivity index is 2.35. The largest absolute Gasteiger partial charge is 0.372 e. The number of aryl methyl sites for hydroxylation is 1. The molecule has 0 unspecified atom stereocenters. The van der Waals surface area contributed by atoms with Crippen molar-refractivity contribution in [3.05, 3.63) is 23.5 Å². The molecule has 8 heteroatoms. The summed E-state index contributed by atoms with van der Waals surface area (Å²) in [4.78, 5) is 21.7. The zero-order valence-corrected chi connectivity index (χ0v) is 16.3. The second-order valence-electron chi connectivity index (χ2n) is 6.63. The smallest absolute Gasteiger partial charge is 0.217 e. The van der Waals surface area contributed by atoms with Crippen molar-refractivity contribution in [2.45, 2.75) is 71.2 Å². The Labute approximate surface area is 154 Å². The van der Waals surface area contributed by atoms with E-state index in [4.69, 9.17) is 14.5 Å². The molecule has 1 aliphatic rings. The Bertz CT molecular complexity index is 612. The number of amides is 1. The number of nitrogens with one attached hydrogen (secondary N) is 1. The van der Waals surface area contributed by atoms with Crippen LogP contribution in [0.5, 0.6) is 0 Å². The van der Waals surface area contributed by atoms with Crippen LogP contribution in [0.25, 0.3) is 0 Å². The molecule has 2 rings (SSSR count). The van der Waals surface area contributed by atoms with Crippen molar-refractivity contribution in [2.75, 3.05) is 13.7 Å². The highest BCUT2D eigenvalue weighted by molar-refractivity contribution is 5.73. The molecule has 0 saturated carbocycles. The van der Waals surface area contributed by atoms with Gasteiger partial charge in [0.25, 0.3) is 0 Å². The maximum absolute atomic E-state index is 11.8. The van der Waals surface area contributed by atoms with Gasteiger partial charge in [-0.2, -0.15) is 0 Å². The van der Waals surface area contributed by atoms with E-state index in [-0.39, 0.29) is 30.2 Å². The molecule has 1 amide bonds.